The molecule has 28 heavy (non-hydrogen) atoms. The number of aryl methyl sites for hydroxylation is 2. The predicted molar refractivity (Wildman–Crippen MR) is 112 cm³/mol. The van der Waals surface area contributed by atoms with Gasteiger partial charge in [-0.3, -0.25) is 0 Å². The highest BCUT2D eigenvalue weighted by Gasteiger charge is 2.16. The molecule has 0 radical (unpaired) electrons. The lowest BCUT2D eigenvalue weighted by Gasteiger charge is -2.17. The van der Waals surface area contributed by atoms with Crippen LogP contribution in [-0.4, -0.2) is 40.4 Å². The van der Waals surface area contributed by atoms with Crippen molar-refractivity contribution in [2.24, 2.45) is 12.0 Å². The summed E-state index contributed by atoms with van der Waals surface area (Å²) in [5.74, 6) is 3.56. The Kier molecular flexibility index (Phi) is 6.90. The summed E-state index contributed by atoms with van der Waals surface area (Å²) in [6.45, 7) is 5.33. The number of nitrogens with zero attached hydrogens (tertiary/aromatic N) is 4. The number of nitrogens with one attached hydrogen (secondary N) is 2. The third-order valence-electron chi connectivity index (χ3n) is 5.44. The monoisotopic (exact) mass is 384 g/mol. The molecule has 2 aromatic rings. The first-order valence-corrected chi connectivity index (χ1v) is 10.1. The molecule has 0 saturated heterocycles. The van der Waals surface area contributed by atoms with E-state index in [9.17, 15) is 0 Å². The van der Waals surface area contributed by atoms with Gasteiger partial charge in [0.05, 0.1) is 7.11 Å². The Balaban J connectivity index is 1.61. The predicted octanol–water partition coefficient (Wildman–Crippen LogP) is 2.66. The van der Waals surface area contributed by atoms with E-state index in [1.54, 1.807) is 7.11 Å². The van der Waals surface area contributed by atoms with Crippen molar-refractivity contribution in [1.82, 2.24) is 25.4 Å². The van der Waals surface area contributed by atoms with Gasteiger partial charge >= 0.3 is 0 Å². The molecule has 2 N–H and O–H groups in total. The number of guanidine groups is 1. The Bertz CT molecular complexity index is 807. The number of hydrogen-bond donors (Lipinski definition) is 2. The van der Waals surface area contributed by atoms with Gasteiger partial charge in [0.25, 0.3) is 0 Å². The molecule has 0 spiro atoms. The minimum atomic E-state index is 0.506. The van der Waals surface area contributed by atoms with Crippen molar-refractivity contribution in [2.75, 3.05) is 13.7 Å². The largest absolute Gasteiger partial charge is 0.496 e. The van der Waals surface area contributed by atoms with E-state index in [2.05, 4.69) is 46.0 Å². The molecule has 0 atom stereocenters. The number of benzene rings is 1. The molecule has 1 heterocycles. The number of aromatic nitrogens is 3. The van der Waals surface area contributed by atoms with Gasteiger partial charge < -0.3 is 19.9 Å². The van der Waals surface area contributed by atoms with Crippen molar-refractivity contribution < 1.29 is 4.74 Å². The van der Waals surface area contributed by atoms with Gasteiger partial charge in [0, 0.05) is 19.6 Å². The average molecular weight is 385 g/mol. The highest BCUT2D eigenvalue weighted by molar-refractivity contribution is 5.80. The van der Waals surface area contributed by atoms with E-state index in [0.29, 0.717) is 12.6 Å². The topological polar surface area (TPSA) is 76.4 Å². The van der Waals surface area contributed by atoms with Crippen LogP contribution in [0, 0.1) is 13.8 Å². The van der Waals surface area contributed by atoms with Crippen molar-refractivity contribution in [3.63, 3.8) is 0 Å². The van der Waals surface area contributed by atoms with E-state index >= 15 is 0 Å². The smallest absolute Gasteiger partial charge is 0.191 e. The number of rotatable bonds is 7. The van der Waals surface area contributed by atoms with E-state index in [1.165, 1.54) is 31.2 Å². The third kappa shape index (κ3) is 5.24. The molecule has 0 amide bonds. The Morgan fingerprint density at radius 1 is 1.25 bits per heavy atom. The summed E-state index contributed by atoms with van der Waals surface area (Å²) in [7, 11) is 3.69. The van der Waals surface area contributed by atoms with Crippen molar-refractivity contribution in [3.05, 3.63) is 41.0 Å². The van der Waals surface area contributed by atoms with Gasteiger partial charge in [-0.2, -0.15) is 0 Å². The van der Waals surface area contributed by atoms with E-state index in [1.807, 2.05) is 18.5 Å². The minimum Gasteiger partial charge on any atom is -0.496 e. The van der Waals surface area contributed by atoms with Gasteiger partial charge in [-0.25, -0.2) is 4.99 Å². The van der Waals surface area contributed by atoms with Crippen LogP contribution in [0.3, 0.4) is 0 Å². The van der Waals surface area contributed by atoms with Crippen molar-refractivity contribution >= 4 is 5.96 Å². The molecule has 0 aliphatic heterocycles. The first kappa shape index (κ1) is 20.2. The molecule has 152 valence electrons. The summed E-state index contributed by atoms with van der Waals surface area (Å²) in [4.78, 5) is 4.76. The molecule has 1 aliphatic rings. The Morgan fingerprint density at radius 3 is 2.71 bits per heavy atom. The molecule has 1 aromatic heterocycles. The average Bonchev–Trinajstić information content (AvgIpc) is 3.31. The van der Waals surface area contributed by atoms with Crippen LogP contribution in [0.2, 0.25) is 0 Å². The number of aliphatic imine (C=N–C) groups is 1. The zero-order valence-electron chi connectivity index (χ0n) is 17.5. The third-order valence-corrected chi connectivity index (χ3v) is 5.44. The van der Waals surface area contributed by atoms with Crippen LogP contribution in [0.25, 0.3) is 0 Å². The molecule has 3 rings (SSSR count). The molecular weight excluding hydrogens is 352 g/mol. The highest BCUT2D eigenvalue weighted by Crippen LogP contribution is 2.19. The van der Waals surface area contributed by atoms with Gasteiger partial charge in [-0.1, -0.05) is 25.0 Å². The van der Waals surface area contributed by atoms with Gasteiger partial charge in [-0.05, 0) is 50.3 Å². The van der Waals surface area contributed by atoms with Crippen LogP contribution < -0.4 is 15.4 Å². The molecule has 7 heteroatoms. The molecule has 1 fully saturated rings. The van der Waals surface area contributed by atoms with Crippen molar-refractivity contribution in [1.29, 1.82) is 0 Å². The van der Waals surface area contributed by atoms with Crippen molar-refractivity contribution in [2.45, 2.75) is 58.5 Å². The zero-order chi connectivity index (χ0) is 19.9. The maximum atomic E-state index is 5.43. The first-order valence-electron chi connectivity index (χ1n) is 10.1. The van der Waals surface area contributed by atoms with E-state index in [4.69, 9.17) is 9.73 Å². The molecule has 1 aliphatic carbocycles. The van der Waals surface area contributed by atoms with Gasteiger partial charge in [0.2, 0.25) is 0 Å². The summed E-state index contributed by atoms with van der Waals surface area (Å²) in [6, 6.07) is 6.88. The van der Waals surface area contributed by atoms with E-state index in [0.717, 1.165) is 41.9 Å². The molecule has 0 bridgehead atoms. The lowest BCUT2D eigenvalue weighted by molar-refractivity contribution is 0.411. The molecule has 7 nitrogen and oxygen atoms in total. The summed E-state index contributed by atoms with van der Waals surface area (Å²) in [5, 5.41) is 15.4. The summed E-state index contributed by atoms with van der Waals surface area (Å²) < 4.78 is 7.41. The zero-order valence-corrected chi connectivity index (χ0v) is 17.5. The highest BCUT2D eigenvalue weighted by atomic mass is 16.5. The van der Waals surface area contributed by atoms with Gasteiger partial charge in [-0.15, -0.1) is 10.2 Å². The van der Waals surface area contributed by atoms with E-state index in [-0.39, 0.29) is 0 Å². The number of methoxy groups -OCH3 is 1. The Morgan fingerprint density at radius 2 is 2.04 bits per heavy atom. The Hall–Kier alpha value is -2.57. The fraction of sp³-hybridized carbons (Fsp3) is 0.571. The van der Waals surface area contributed by atoms with Crippen LogP contribution in [0.15, 0.2) is 23.2 Å². The van der Waals surface area contributed by atoms with Crippen LogP contribution in [0.4, 0.5) is 0 Å². The SMILES string of the molecule is COc1cc(CCNC(=NCc2nnc(C)n2C)NC2CCCC2)ccc1C. The maximum Gasteiger partial charge on any atom is 0.191 e. The molecule has 1 aromatic carbocycles. The number of hydrogen-bond acceptors (Lipinski definition) is 4. The standard InChI is InChI=1S/C21H32N6O/c1-15-9-10-17(13-19(15)28-4)11-12-22-21(24-18-7-5-6-8-18)23-14-20-26-25-16(2)27(20)3/h9-10,13,18H,5-8,11-12,14H2,1-4H3,(H2,22,23,24). The fourth-order valence-electron chi connectivity index (χ4n) is 3.50. The van der Waals surface area contributed by atoms with Crippen molar-refractivity contribution in [3.8, 4) is 5.75 Å². The normalized spacial score (nSPS) is 15.1. The Labute approximate surface area is 167 Å². The van der Waals surface area contributed by atoms with Gasteiger partial charge in [0.15, 0.2) is 11.8 Å². The molecular formula is C21H32N6O. The summed E-state index contributed by atoms with van der Waals surface area (Å²) in [6.07, 6.45) is 5.90. The summed E-state index contributed by atoms with van der Waals surface area (Å²) >= 11 is 0. The second-order valence-electron chi connectivity index (χ2n) is 7.49. The summed E-state index contributed by atoms with van der Waals surface area (Å²) in [5.41, 5.74) is 2.41. The van der Waals surface area contributed by atoms with Crippen LogP contribution >= 0.6 is 0 Å². The second kappa shape index (κ2) is 9.57. The van der Waals surface area contributed by atoms with Gasteiger partial charge in [0.1, 0.15) is 18.1 Å². The number of ether oxygens (including phenoxy) is 1. The van der Waals surface area contributed by atoms with E-state index < -0.39 is 0 Å². The minimum absolute atomic E-state index is 0.506. The fourth-order valence-corrected chi connectivity index (χ4v) is 3.50. The van der Waals surface area contributed by atoms with Crippen LogP contribution in [0.5, 0.6) is 5.75 Å². The molecule has 1 saturated carbocycles. The first-order chi connectivity index (χ1) is 13.6. The van der Waals surface area contributed by atoms with Crippen LogP contribution in [0.1, 0.15) is 48.5 Å². The maximum absolute atomic E-state index is 5.43. The van der Waals surface area contributed by atoms with Crippen LogP contribution in [-0.2, 0) is 20.0 Å². The lowest BCUT2D eigenvalue weighted by Crippen LogP contribution is -2.43. The second-order valence-corrected chi connectivity index (χ2v) is 7.49. The molecule has 0 unspecified atom stereocenters. The lowest BCUT2D eigenvalue weighted by atomic mass is 10.1. The quantitative estimate of drug-likeness (QED) is 0.567.